The zero-order valence-electron chi connectivity index (χ0n) is 10.5. The smallest absolute Gasteiger partial charge is 0.306 e. The van der Waals surface area contributed by atoms with Gasteiger partial charge < -0.3 is 5.11 Å². The van der Waals surface area contributed by atoms with E-state index in [4.69, 9.17) is 5.11 Å². The summed E-state index contributed by atoms with van der Waals surface area (Å²) in [6, 6.07) is 0.821. The molecule has 2 aliphatic carbocycles. The van der Waals surface area contributed by atoms with Gasteiger partial charge in [0.05, 0.1) is 5.92 Å². The number of aliphatic carboxylic acids is 1. The quantitative estimate of drug-likeness (QED) is 0.801. The van der Waals surface area contributed by atoms with Crippen LogP contribution in [0.5, 0.6) is 0 Å². The lowest BCUT2D eigenvalue weighted by molar-refractivity contribution is -0.145. The molecule has 3 nitrogen and oxygen atoms in total. The number of nitrogens with zero attached hydrogens (tertiary/aromatic N) is 1. The molecule has 1 saturated heterocycles. The van der Waals surface area contributed by atoms with Crippen LogP contribution >= 0.6 is 0 Å². The van der Waals surface area contributed by atoms with Crippen LogP contribution in [0.3, 0.4) is 0 Å². The molecular weight excluding hydrogens is 214 g/mol. The number of carboxylic acid groups (broad SMARTS) is 1. The van der Waals surface area contributed by atoms with Gasteiger partial charge in [-0.25, -0.2) is 0 Å². The van der Waals surface area contributed by atoms with Crippen molar-refractivity contribution in [3.8, 4) is 0 Å². The van der Waals surface area contributed by atoms with Crippen molar-refractivity contribution in [3.05, 3.63) is 0 Å². The summed E-state index contributed by atoms with van der Waals surface area (Å²) in [5, 5.41) is 9.16. The average molecular weight is 237 g/mol. The highest BCUT2D eigenvalue weighted by atomic mass is 16.4. The molecule has 3 heteroatoms. The van der Waals surface area contributed by atoms with Crippen molar-refractivity contribution in [1.29, 1.82) is 0 Å². The molecule has 0 aromatic heterocycles. The van der Waals surface area contributed by atoms with Crippen LogP contribution in [0.2, 0.25) is 0 Å². The highest BCUT2D eigenvalue weighted by Gasteiger charge is 2.39. The number of hydrogen-bond acceptors (Lipinski definition) is 2. The van der Waals surface area contributed by atoms with E-state index >= 15 is 0 Å². The fourth-order valence-electron chi connectivity index (χ4n) is 4.37. The number of rotatable bonds is 2. The van der Waals surface area contributed by atoms with E-state index in [9.17, 15) is 4.79 Å². The number of hydrogen-bond donors (Lipinski definition) is 1. The zero-order chi connectivity index (χ0) is 11.8. The Morgan fingerprint density at radius 3 is 2.12 bits per heavy atom. The highest BCUT2D eigenvalue weighted by Crippen LogP contribution is 2.40. The SMILES string of the molecule is O=C(O)C1CC2CC(C1)CN(C1CCCC1)C2. The van der Waals surface area contributed by atoms with Crippen molar-refractivity contribution in [1.82, 2.24) is 4.90 Å². The largest absolute Gasteiger partial charge is 0.481 e. The summed E-state index contributed by atoms with van der Waals surface area (Å²) in [5.74, 6) is 0.701. The molecule has 0 spiro atoms. The molecule has 3 fully saturated rings. The summed E-state index contributed by atoms with van der Waals surface area (Å²) in [5.41, 5.74) is 0. The summed E-state index contributed by atoms with van der Waals surface area (Å²) >= 11 is 0. The van der Waals surface area contributed by atoms with Gasteiger partial charge in [0.15, 0.2) is 0 Å². The highest BCUT2D eigenvalue weighted by molar-refractivity contribution is 5.70. The lowest BCUT2D eigenvalue weighted by atomic mass is 9.72. The number of fused-ring (bicyclic) bond motifs is 2. The van der Waals surface area contributed by atoms with Gasteiger partial charge in [-0.15, -0.1) is 0 Å². The minimum absolute atomic E-state index is 0.0514. The van der Waals surface area contributed by atoms with Gasteiger partial charge >= 0.3 is 5.97 Å². The fourth-order valence-corrected chi connectivity index (χ4v) is 4.37. The Labute approximate surface area is 103 Å². The fraction of sp³-hybridized carbons (Fsp3) is 0.929. The Morgan fingerprint density at radius 2 is 1.59 bits per heavy atom. The van der Waals surface area contributed by atoms with Gasteiger partial charge in [-0.05, 0) is 43.9 Å². The molecule has 96 valence electrons. The third kappa shape index (κ3) is 2.35. The predicted octanol–water partition coefficient (Wildman–Crippen LogP) is 2.36. The van der Waals surface area contributed by atoms with Gasteiger partial charge in [-0.1, -0.05) is 12.8 Å². The molecule has 0 aromatic carbocycles. The van der Waals surface area contributed by atoms with Crippen LogP contribution < -0.4 is 0 Å². The molecule has 1 N–H and O–H groups in total. The molecule has 2 atom stereocenters. The normalized spacial score (nSPS) is 39.4. The minimum Gasteiger partial charge on any atom is -0.481 e. The van der Waals surface area contributed by atoms with Gasteiger partial charge in [0.1, 0.15) is 0 Å². The third-order valence-electron chi connectivity index (χ3n) is 5.08. The van der Waals surface area contributed by atoms with Crippen molar-refractivity contribution in [2.75, 3.05) is 13.1 Å². The standard InChI is InChI=1S/C14H23NO2/c16-14(17)12-6-10-5-11(7-12)9-15(8-10)13-3-1-2-4-13/h10-13H,1-9H2,(H,16,17). The van der Waals surface area contributed by atoms with Gasteiger partial charge in [-0.3, -0.25) is 9.69 Å². The van der Waals surface area contributed by atoms with Crippen LogP contribution in [-0.2, 0) is 4.79 Å². The van der Waals surface area contributed by atoms with E-state index in [1.807, 2.05) is 0 Å². The van der Waals surface area contributed by atoms with Crippen LogP contribution in [0.1, 0.15) is 44.9 Å². The molecule has 0 amide bonds. The minimum atomic E-state index is -0.561. The lowest BCUT2D eigenvalue weighted by Crippen LogP contribution is -2.49. The van der Waals surface area contributed by atoms with E-state index in [1.54, 1.807) is 0 Å². The molecule has 2 saturated carbocycles. The molecule has 3 aliphatic rings. The molecular formula is C14H23NO2. The Hall–Kier alpha value is -0.570. The van der Waals surface area contributed by atoms with E-state index in [-0.39, 0.29) is 5.92 Å². The zero-order valence-corrected chi connectivity index (χ0v) is 10.5. The Bertz CT molecular complexity index is 285. The molecule has 2 unspecified atom stereocenters. The van der Waals surface area contributed by atoms with E-state index < -0.39 is 5.97 Å². The second-order valence-electron chi connectivity index (χ2n) is 6.37. The first-order valence-electron chi connectivity index (χ1n) is 7.19. The molecule has 17 heavy (non-hydrogen) atoms. The number of carboxylic acids is 1. The molecule has 2 bridgehead atoms. The second kappa shape index (κ2) is 4.60. The summed E-state index contributed by atoms with van der Waals surface area (Å²) < 4.78 is 0. The first-order valence-corrected chi connectivity index (χ1v) is 7.19. The van der Waals surface area contributed by atoms with Crippen LogP contribution in [0, 0.1) is 17.8 Å². The topological polar surface area (TPSA) is 40.5 Å². The Balaban J connectivity index is 1.63. The number of carbonyl (C=O) groups is 1. The van der Waals surface area contributed by atoms with Gasteiger partial charge in [-0.2, -0.15) is 0 Å². The predicted molar refractivity (Wildman–Crippen MR) is 65.8 cm³/mol. The molecule has 1 heterocycles. The maximum Gasteiger partial charge on any atom is 0.306 e. The van der Waals surface area contributed by atoms with E-state index in [0.29, 0.717) is 11.8 Å². The first-order chi connectivity index (χ1) is 8.22. The monoisotopic (exact) mass is 237 g/mol. The maximum atomic E-state index is 11.1. The number of piperidine rings is 1. The van der Waals surface area contributed by atoms with Crippen molar-refractivity contribution in [2.24, 2.45) is 17.8 Å². The maximum absolute atomic E-state index is 11.1. The second-order valence-corrected chi connectivity index (χ2v) is 6.37. The molecule has 3 rings (SSSR count). The van der Waals surface area contributed by atoms with Crippen LogP contribution in [0.15, 0.2) is 0 Å². The van der Waals surface area contributed by atoms with Crippen molar-refractivity contribution in [3.63, 3.8) is 0 Å². The summed E-state index contributed by atoms with van der Waals surface area (Å²) in [6.07, 6.45) is 8.68. The van der Waals surface area contributed by atoms with Crippen LogP contribution in [0.4, 0.5) is 0 Å². The Morgan fingerprint density at radius 1 is 1.00 bits per heavy atom. The molecule has 0 aromatic rings. The first kappa shape index (κ1) is 11.5. The van der Waals surface area contributed by atoms with Crippen molar-refractivity contribution in [2.45, 2.75) is 51.0 Å². The number of likely N-dealkylation sites (tertiary alicyclic amines) is 1. The van der Waals surface area contributed by atoms with E-state index in [2.05, 4.69) is 4.90 Å². The van der Waals surface area contributed by atoms with Gasteiger partial charge in [0.2, 0.25) is 0 Å². The molecule has 1 aliphatic heterocycles. The van der Waals surface area contributed by atoms with E-state index in [0.717, 1.165) is 18.9 Å². The van der Waals surface area contributed by atoms with E-state index in [1.165, 1.54) is 45.2 Å². The van der Waals surface area contributed by atoms with Crippen LogP contribution in [-0.4, -0.2) is 35.1 Å². The molecule has 0 radical (unpaired) electrons. The average Bonchev–Trinajstić information content (AvgIpc) is 2.80. The van der Waals surface area contributed by atoms with Gasteiger partial charge in [0, 0.05) is 19.1 Å². The lowest BCUT2D eigenvalue weighted by Gasteiger charge is -2.45. The summed E-state index contributed by atoms with van der Waals surface area (Å²) in [6.45, 7) is 2.34. The van der Waals surface area contributed by atoms with Gasteiger partial charge in [0.25, 0.3) is 0 Å². The summed E-state index contributed by atoms with van der Waals surface area (Å²) in [7, 11) is 0. The van der Waals surface area contributed by atoms with Crippen molar-refractivity contribution < 1.29 is 9.90 Å². The Kier molecular flexibility index (Phi) is 3.12. The third-order valence-corrected chi connectivity index (χ3v) is 5.08. The summed E-state index contributed by atoms with van der Waals surface area (Å²) in [4.78, 5) is 13.8. The van der Waals surface area contributed by atoms with Crippen LogP contribution in [0.25, 0.3) is 0 Å². The van der Waals surface area contributed by atoms with Crippen molar-refractivity contribution >= 4 is 5.97 Å².